The van der Waals surface area contributed by atoms with Crippen molar-refractivity contribution in [1.29, 1.82) is 0 Å². The molecule has 0 aromatic heterocycles. The van der Waals surface area contributed by atoms with Crippen LogP contribution in [0.15, 0.2) is 0 Å². The van der Waals surface area contributed by atoms with Crippen molar-refractivity contribution in [1.82, 2.24) is 0 Å². The molecule has 0 saturated carbocycles. The van der Waals surface area contributed by atoms with Gasteiger partial charge in [0.1, 0.15) is 0 Å². The molecule has 0 atom stereocenters. The first-order valence-electron chi connectivity index (χ1n) is 11.5. The lowest BCUT2D eigenvalue weighted by atomic mass is 10.4. The molecule has 0 aliphatic carbocycles. The minimum Gasteiger partial charge on any atom is -0.0776 e. The molecule has 0 aliphatic rings. The summed E-state index contributed by atoms with van der Waals surface area (Å²) < 4.78 is 0. The lowest BCUT2D eigenvalue weighted by molar-refractivity contribution is 0.886. The van der Waals surface area contributed by atoms with Gasteiger partial charge in [-0.05, 0) is 0 Å². The van der Waals surface area contributed by atoms with E-state index >= 15 is 0 Å². The molecule has 0 aromatic rings. The maximum Gasteiger partial charge on any atom is -0.0564 e. The van der Waals surface area contributed by atoms with Gasteiger partial charge in [-0.2, -0.15) is 0 Å². The van der Waals surface area contributed by atoms with E-state index in [-0.39, 0.29) is 29.7 Å². The maximum atomic E-state index is 2.18. The number of hydrogen-bond acceptors (Lipinski definition) is 0. The molecule has 0 aliphatic heterocycles. The zero-order chi connectivity index (χ0) is 21.7. The molecule has 0 heteroatoms. The molecule has 0 amide bonds. The monoisotopic (exact) mass is 417 g/mol. The van der Waals surface area contributed by atoms with Crippen LogP contribution in [-0.4, -0.2) is 0 Å². The summed E-state index contributed by atoms with van der Waals surface area (Å²) in [5.41, 5.74) is 0. The van der Waals surface area contributed by atoms with Gasteiger partial charge >= 0.3 is 0 Å². The summed E-state index contributed by atoms with van der Waals surface area (Å²) in [6.45, 7) is 33.7. The molecule has 0 unspecified atom stereocenters. The average Bonchev–Trinajstić information content (AvgIpc) is 2.61. The van der Waals surface area contributed by atoms with Gasteiger partial charge < -0.3 is 0 Å². The van der Waals surface area contributed by atoms with Crippen LogP contribution in [0.1, 0.15) is 192 Å². The van der Waals surface area contributed by atoms with Crippen molar-refractivity contribution in [2.75, 3.05) is 0 Å². The van der Waals surface area contributed by atoms with Crippen LogP contribution in [0.5, 0.6) is 0 Å². The molecule has 0 aromatic carbocycles. The summed E-state index contributed by atoms with van der Waals surface area (Å²) in [6, 6.07) is 0. The van der Waals surface area contributed by atoms with E-state index in [1.807, 2.05) is 27.7 Å². The molecule has 0 bridgehead atoms. The van der Waals surface area contributed by atoms with E-state index in [0.717, 1.165) is 0 Å². The highest BCUT2D eigenvalue weighted by atomic mass is 13.6. The van der Waals surface area contributed by atoms with Crippen molar-refractivity contribution >= 4 is 0 Å². The van der Waals surface area contributed by atoms with Gasteiger partial charge in [-0.25, -0.2) is 0 Å². The third kappa shape index (κ3) is 4060. The van der Waals surface area contributed by atoms with Crippen molar-refractivity contribution in [3.63, 3.8) is 0 Å². The SMILES string of the molecule is C.C.C.C.CC.CC.CCC.CCC.CCC.CCC.CCCC.CCCC. The Kier molecular flexibility index (Phi) is 812. The Labute approximate surface area is 192 Å². The summed E-state index contributed by atoms with van der Waals surface area (Å²) in [5.74, 6) is 0. The number of hydrogen-bond donors (Lipinski definition) is 0. The van der Waals surface area contributed by atoms with E-state index in [0.29, 0.717) is 0 Å². The standard InChI is InChI=1S/2C4H10.4C3H8.2C2H6.4CH4/c2*1-3-4-2;4*1-3-2;2*1-2;;;;/h2*3-4H2,1-2H3;4*3H2,1-2H3;2*1-2H3;4*1H4. The lowest BCUT2D eigenvalue weighted by Gasteiger charge is -1.68. The second kappa shape index (κ2) is 285. The van der Waals surface area contributed by atoms with Gasteiger partial charge in [-0.15, -0.1) is 0 Å². The summed E-state index contributed by atoms with van der Waals surface area (Å²) in [6.07, 6.45) is 10.3. The molecule has 0 rings (SSSR count). The Bertz CT molecular complexity index is 32.0. The van der Waals surface area contributed by atoms with E-state index in [1.165, 1.54) is 51.4 Å². The summed E-state index contributed by atoms with van der Waals surface area (Å²) in [7, 11) is 0. The van der Waals surface area contributed by atoms with Gasteiger partial charge in [0.25, 0.3) is 0 Å². The first kappa shape index (κ1) is 79.7. The smallest absolute Gasteiger partial charge is 0.0564 e. The van der Waals surface area contributed by atoms with Crippen LogP contribution in [0, 0.1) is 0 Å². The topological polar surface area (TPSA) is 0 Å². The first-order chi connectivity index (χ1) is 11.5. The second-order valence-electron chi connectivity index (χ2n) is 4.83. The first-order valence-corrected chi connectivity index (χ1v) is 11.5. The fourth-order valence-electron chi connectivity index (χ4n) is 0. The van der Waals surface area contributed by atoms with Crippen molar-refractivity contribution < 1.29 is 0 Å². The third-order valence-corrected chi connectivity index (χ3v) is 1.000. The molecule has 192 valence electrons. The molecule has 0 radical (unpaired) electrons. The van der Waals surface area contributed by atoms with E-state index < -0.39 is 0 Å². The highest BCUT2D eigenvalue weighted by Gasteiger charge is 1.56. The van der Waals surface area contributed by atoms with Crippen molar-refractivity contribution in [3.05, 3.63) is 0 Å². The fourth-order valence-corrected chi connectivity index (χ4v) is 0. The average molecular weight is 417 g/mol. The van der Waals surface area contributed by atoms with Crippen molar-refractivity contribution in [2.24, 2.45) is 0 Å². The van der Waals surface area contributed by atoms with Crippen LogP contribution < -0.4 is 0 Å². The lowest BCUT2D eigenvalue weighted by Crippen LogP contribution is -1.47. The summed E-state index contributed by atoms with van der Waals surface area (Å²) >= 11 is 0. The van der Waals surface area contributed by atoms with Crippen LogP contribution in [0.4, 0.5) is 0 Å². The molecule has 0 N–H and O–H groups in total. The Morgan fingerprint density at radius 3 is 0.286 bits per heavy atom. The summed E-state index contributed by atoms with van der Waals surface area (Å²) in [4.78, 5) is 0. The van der Waals surface area contributed by atoms with E-state index in [4.69, 9.17) is 0 Å². The van der Waals surface area contributed by atoms with Gasteiger partial charge in [0.2, 0.25) is 0 Å². The second-order valence-corrected chi connectivity index (χ2v) is 4.83. The van der Waals surface area contributed by atoms with Crippen LogP contribution in [0.25, 0.3) is 0 Å². The Morgan fingerprint density at radius 2 is 0.286 bits per heavy atom. The van der Waals surface area contributed by atoms with Gasteiger partial charge in [0, 0.05) is 0 Å². The predicted molar refractivity (Wildman–Crippen MR) is 155 cm³/mol. The molecular formula is C28H80. The largest absolute Gasteiger partial charge is 0.0776 e. The van der Waals surface area contributed by atoms with Crippen LogP contribution in [0.2, 0.25) is 0 Å². The molecular weight excluding hydrogens is 336 g/mol. The van der Waals surface area contributed by atoms with Crippen molar-refractivity contribution in [2.45, 2.75) is 192 Å². The normalized spacial score (nSPS) is 5.14. The van der Waals surface area contributed by atoms with Gasteiger partial charge in [-0.1, -0.05) is 192 Å². The summed E-state index contributed by atoms with van der Waals surface area (Å²) in [5, 5.41) is 0. The molecule has 0 heterocycles. The molecule has 0 spiro atoms. The van der Waals surface area contributed by atoms with Gasteiger partial charge in [-0.3, -0.25) is 0 Å². The number of rotatable bonds is 2. The molecule has 28 heavy (non-hydrogen) atoms. The molecule has 0 nitrogen and oxygen atoms in total. The Morgan fingerprint density at radius 1 is 0.250 bits per heavy atom. The minimum atomic E-state index is 0. The highest BCUT2D eigenvalue weighted by Crippen LogP contribution is 1.77. The highest BCUT2D eigenvalue weighted by molar-refractivity contribution is 4.13. The Balaban J connectivity index is -0.0000000104. The van der Waals surface area contributed by atoms with Crippen LogP contribution in [0.3, 0.4) is 0 Å². The van der Waals surface area contributed by atoms with E-state index in [2.05, 4.69) is 83.1 Å². The quantitative estimate of drug-likeness (QED) is 0.419. The molecule has 0 saturated heterocycles. The zero-order valence-electron chi connectivity index (χ0n) is 21.7. The number of unbranched alkanes of at least 4 members (excludes halogenated alkanes) is 2. The third-order valence-electron chi connectivity index (χ3n) is 1.000. The minimum absolute atomic E-state index is 0. The van der Waals surface area contributed by atoms with Crippen LogP contribution >= 0.6 is 0 Å². The van der Waals surface area contributed by atoms with Gasteiger partial charge in [0.05, 0.1) is 0 Å². The maximum absolute atomic E-state index is 2.18. The molecule has 0 fully saturated rings. The van der Waals surface area contributed by atoms with Crippen LogP contribution in [-0.2, 0) is 0 Å². The predicted octanol–water partition coefficient (Wildman–Crippen LogP) is 13.9. The Hall–Kier alpha value is 0. The van der Waals surface area contributed by atoms with Gasteiger partial charge in [0.15, 0.2) is 0 Å². The van der Waals surface area contributed by atoms with E-state index in [9.17, 15) is 0 Å². The van der Waals surface area contributed by atoms with Crippen molar-refractivity contribution in [3.8, 4) is 0 Å². The zero-order valence-corrected chi connectivity index (χ0v) is 21.7. The fraction of sp³-hybridized carbons (Fsp3) is 1.00. The van der Waals surface area contributed by atoms with E-state index in [1.54, 1.807) is 0 Å².